The zero-order chi connectivity index (χ0) is 14.1. The van der Waals surface area contributed by atoms with Gasteiger partial charge >= 0.3 is 6.18 Å². The number of aliphatic hydroxyl groups excluding tert-OH is 2. The largest absolute Gasteiger partial charge is 0.416 e. The van der Waals surface area contributed by atoms with Crippen molar-refractivity contribution in [2.24, 2.45) is 5.73 Å². The maximum absolute atomic E-state index is 13.3. The molecule has 18 heavy (non-hydrogen) atoms. The Balaban J connectivity index is 3.35. The Morgan fingerprint density at radius 1 is 1.28 bits per heavy atom. The standard InChI is InChI=1S/C10H9F4NO3/c11-5-3-1-2-4(10(12,13)14)6(5)7(16)8(17)9(15)18/h1-3,7-8,16-17H,(H2,15,18). The van der Waals surface area contributed by atoms with Crippen LogP contribution in [0.5, 0.6) is 0 Å². The summed E-state index contributed by atoms with van der Waals surface area (Å²) in [5.74, 6) is -2.85. The Morgan fingerprint density at radius 3 is 2.28 bits per heavy atom. The maximum Gasteiger partial charge on any atom is 0.416 e. The van der Waals surface area contributed by atoms with Gasteiger partial charge in [-0.25, -0.2) is 4.39 Å². The Kier molecular flexibility index (Phi) is 3.92. The van der Waals surface area contributed by atoms with Gasteiger partial charge in [0.2, 0.25) is 5.91 Å². The minimum atomic E-state index is -4.93. The highest BCUT2D eigenvalue weighted by molar-refractivity contribution is 5.79. The number of carbonyl (C=O) groups is 1. The van der Waals surface area contributed by atoms with Crippen LogP contribution in [0, 0.1) is 5.82 Å². The van der Waals surface area contributed by atoms with Crippen LogP contribution < -0.4 is 5.73 Å². The van der Waals surface area contributed by atoms with Crippen LogP contribution in [-0.2, 0) is 11.0 Å². The molecule has 0 aliphatic carbocycles. The molecule has 1 amide bonds. The topological polar surface area (TPSA) is 83.6 Å². The molecule has 8 heteroatoms. The van der Waals surface area contributed by atoms with Crippen molar-refractivity contribution < 1.29 is 32.6 Å². The van der Waals surface area contributed by atoms with Crippen molar-refractivity contribution in [1.82, 2.24) is 0 Å². The van der Waals surface area contributed by atoms with E-state index < -0.39 is 41.2 Å². The van der Waals surface area contributed by atoms with Gasteiger partial charge in [0.1, 0.15) is 11.9 Å². The number of aliphatic hydroxyl groups is 2. The van der Waals surface area contributed by atoms with Gasteiger partial charge in [0.05, 0.1) is 5.56 Å². The number of hydrogen-bond donors (Lipinski definition) is 3. The predicted molar refractivity (Wildman–Crippen MR) is 51.6 cm³/mol. The van der Waals surface area contributed by atoms with E-state index in [1.165, 1.54) is 0 Å². The number of carbonyl (C=O) groups excluding carboxylic acids is 1. The van der Waals surface area contributed by atoms with Crippen LogP contribution in [0.15, 0.2) is 18.2 Å². The Bertz CT molecular complexity index is 461. The SMILES string of the molecule is NC(=O)C(O)C(O)c1c(F)cccc1C(F)(F)F. The molecule has 0 heterocycles. The fourth-order valence-corrected chi connectivity index (χ4v) is 1.40. The molecule has 1 aromatic rings. The van der Waals surface area contributed by atoms with E-state index in [2.05, 4.69) is 5.73 Å². The average molecular weight is 267 g/mol. The molecule has 0 saturated heterocycles. The third kappa shape index (κ3) is 2.77. The van der Waals surface area contributed by atoms with Crippen LogP contribution in [0.4, 0.5) is 17.6 Å². The maximum atomic E-state index is 13.3. The quantitative estimate of drug-likeness (QED) is 0.706. The van der Waals surface area contributed by atoms with Gasteiger partial charge in [-0.1, -0.05) is 6.07 Å². The third-order valence-corrected chi connectivity index (χ3v) is 2.24. The first kappa shape index (κ1) is 14.4. The van der Waals surface area contributed by atoms with E-state index in [0.29, 0.717) is 12.1 Å². The fourth-order valence-electron chi connectivity index (χ4n) is 1.40. The highest BCUT2D eigenvalue weighted by atomic mass is 19.4. The Labute approximate surface area is 98.6 Å². The van der Waals surface area contributed by atoms with Crippen LogP contribution in [-0.4, -0.2) is 22.2 Å². The summed E-state index contributed by atoms with van der Waals surface area (Å²) in [5.41, 5.74) is 1.94. The molecule has 0 radical (unpaired) electrons. The van der Waals surface area contributed by atoms with Gasteiger partial charge in [-0.15, -0.1) is 0 Å². The van der Waals surface area contributed by atoms with Crippen molar-refractivity contribution in [2.45, 2.75) is 18.4 Å². The minimum Gasteiger partial charge on any atom is -0.385 e. The molecule has 0 aliphatic rings. The first-order valence-corrected chi connectivity index (χ1v) is 4.67. The molecule has 0 fully saturated rings. The first-order valence-electron chi connectivity index (χ1n) is 4.67. The molecule has 0 aromatic heterocycles. The number of nitrogens with two attached hydrogens (primary N) is 1. The highest BCUT2D eigenvalue weighted by Gasteiger charge is 2.39. The van der Waals surface area contributed by atoms with Crippen molar-refractivity contribution in [3.05, 3.63) is 35.1 Å². The second-order valence-electron chi connectivity index (χ2n) is 3.49. The molecule has 2 unspecified atom stereocenters. The Hall–Kier alpha value is -1.67. The minimum absolute atomic E-state index is 0.523. The summed E-state index contributed by atoms with van der Waals surface area (Å²) < 4.78 is 51.1. The lowest BCUT2D eigenvalue weighted by Crippen LogP contribution is -2.35. The van der Waals surface area contributed by atoms with Gasteiger partial charge in [0.15, 0.2) is 6.10 Å². The monoisotopic (exact) mass is 267 g/mol. The van der Waals surface area contributed by atoms with Crippen molar-refractivity contribution in [3.8, 4) is 0 Å². The van der Waals surface area contributed by atoms with E-state index in [-0.39, 0.29) is 0 Å². The number of benzene rings is 1. The fraction of sp³-hybridized carbons (Fsp3) is 0.300. The summed E-state index contributed by atoms with van der Waals surface area (Å²) in [4.78, 5) is 10.6. The second-order valence-corrected chi connectivity index (χ2v) is 3.49. The normalized spacial score (nSPS) is 15.2. The van der Waals surface area contributed by atoms with E-state index >= 15 is 0 Å². The molecule has 0 aliphatic heterocycles. The number of halogens is 4. The molecule has 1 rings (SSSR count). The molecule has 1 aromatic carbocycles. The van der Waals surface area contributed by atoms with Crippen LogP contribution in [0.25, 0.3) is 0 Å². The summed E-state index contributed by atoms with van der Waals surface area (Å²) in [6.45, 7) is 0. The van der Waals surface area contributed by atoms with Gasteiger partial charge < -0.3 is 15.9 Å². The van der Waals surface area contributed by atoms with Crippen molar-refractivity contribution in [2.75, 3.05) is 0 Å². The zero-order valence-electron chi connectivity index (χ0n) is 8.78. The first-order chi connectivity index (χ1) is 8.16. The molecular weight excluding hydrogens is 258 g/mol. The Morgan fingerprint density at radius 2 is 1.83 bits per heavy atom. The van der Waals surface area contributed by atoms with Crippen molar-refractivity contribution >= 4 is 5.91 Å². The highest BCUT2D eigenvalue weighted by Crippen LogP contribution is 2.36. The molecule has 100 valence electrons. The van der Waals surface area contributed by atoms with Crippen molar-refractivity contribution in [3.63, 3.8) is 0 Å². The van der Waals surface area contributed by atoms with E-state index in [1.54, 1.807) is 0 Å². The van der Waals surface area contributed by atoms with Gasteiger partial charge in [0.25, 0.3) is 0 Å². The summed E-state index contributed by atoms with van der Waals surface area (Å²) in [5, 5.41) is 18.5. The van der Waals surface area contributed by atoms with Crippen LogP contribution in [0.1, 0.15) is 17.2 Å². The van der Waals surface area contributed by atoms with Crippen LogP contribution >= 0.6 is 0 Å². The number of rotatable bonds is 3. The number of amides is 1. The molecule has 0 spiro atoms. The molecule has 2 atom stereocenters. The molecule has 4 N–H and O–H groups in total. The van der Waals surface area contributed by atoms with Gasteiger partial charge in [-0.05, 0) is 12.1 Å². The van der Waals surface area contributed by atoms with Crippen LogP contribution in [0.3, 0.4) is 0 Å². The molecule has 0 saturated carbocycles. The third-order valence-electron chi connectivity index (χ3n) is 2.24. The lowest BCUT2D eigenvalue weighted by Gasteiger charge is -2.20. The summed E-state index contributed by atoms with van der Waals surface area (Å²) >= 11 is 0. The van der Waals surface area contributed by atoms with Crippen molar-refractivity contribution in [1.29, 1.82) is 0 Å². The second kappa shape index (κ2) is 4.91. The lowest BCUT2D eigenvalue weighted by atomic mass is 9.97. The average Bonchev–Trinajstić information content (AvgIpc) is 2.25. The van der Waals surface area contributed by atoms with Gasteiger partial charge in [-0.3, -0.25) is 4.79 Å². The van der Waals surface area contributed by atoms with E-state index in [1.807, 2.05) is 0 Å². The van der Waals surface area contributed by atoms with E-state index in [0.717, 1.165) is 6.07 Å². The predicted octanol–water partition coefficient (Wildman–Crippen LogP) is 0.724. The summed E-state index contributed by atoms with van der Waals surface area (Å²) in [6.07, 6.45) is -9.65. The van der Waals surface area contributed by atoms with E-state index in [4.69, 9.17) is 5.11 Å². The number of alkyl halides is 3. The lowest BCUT2D eigenvalue weighted by molar-refractivity contribution is -0.142. The van der Waals surface area contributed by atoms with Crippen LogP contribution in [0.2, 0.25) is 0 Å². The summed E-state index contributed by atoms with van der Waals surface area (Å²) in [6, 6.07) is 1.99. The smallest absolute Gasteiger partial charge is 0.385 e. The number of primary amides is 1. The summed E-state index contributed by atoms with van der Waals surface area (Å²) in [7, 11) is 0. The molecule has 0 bridgehead atoms. The van der Waals surface area contributed by atoms with Gasteiger partial charge in [-0.2, -0.15) is 13.2 Å². The zero-order valence-corrected chi connectivity index (χ0v) is 8.78. The molecule has 4 nitrogen and oxygen atoms in total. The van der Waals surface area contributed by atoms with E-state index in [9.17, 15) is 27.5 Å². The number of hydrogen-bond acceptors (Lipinski definition) is 3. The van der Waals surface area contributed by atoms with Gasteiger partial charge in [0, 0.05) is 5.56 Å². The molecular formula is C10H9F4NO3.